The molecule has 2 aromatic carbocycles. The van der Waals surface area contributed by atoms with Crippen molar-refractivity contribution in [3.63, 3.8) is 0 Å². The molecule has 2 aromatic rings. The molecule has 0 aromatic heterocycles. The van der Waals surface area contributed by atoms with Gasteiger partial charge in [0.1, 0.15) is 6.54 Å². The number of carbonyl (C=O) groups is 3. The third kappa shape index (κ3) is 5.19. The van der Waals surface area contributed by atoms with Crippen molar-refractivity contribution in [1.82, 2.24) is 10.6 Å². The quantitative estimate of drug-likeness (QED) is 0.723. The largest absolute Gasteiger partial charge is 0.446 e. The minimum absolute atomic E-state index is 0.155. The Morgan fingerprint density at radius 2 is 1.75 bits per heavy atom. The van der Waals surface area contributed by atoms with Gasteiger partial charge in [0.25, 0.3) is 11.8 Å². The molecule has 0 heterocycles. The Kier molecular flexibility index (Phi) is 6.09. The van der Waals surface area contributed by atoms with Gasteiger partial charge in [0.15, 0.2) is 0 Å². The number of hydrogen-bond donors (Lipinski definition) is 2. The summed E-state index contributed by atoms with van der Waals surface area (Å²) in [6.07, 6.45) is 0.841. The lowest BCUT2D eigenvalue weighted by atomic mass is 10.1. The third-order valence-electron chi connectivity index (χ3n) is 4.68. The minimum Gasteiger partial charge on any atom is -0.446 e. The van der Waals surface area contributed by atoms with E-state index in [1.807, 2.05) is 26.0 Å². The second-order valence-electron chi connectivity index (χ2n) is 7.05. The fourth-order valence-corrected chi connectivity index (χ4v) is 2.72. The molecule has 1 saturated carbocycles. The van der Waals surface area contributed by atoms with Gasteiger partial charge in [-0.05, 0) is 49.9 Å². The molecule has 6 nitrogen and oxygen atoms in total. The molecule has 1 aliphatic rings. The van der Waals surface area contributed by atoms with Crippen molar-refractivity contribution in [3.05, 3.63) is 70.8 Å². The topological polar surface area (TPSA) is 84.5 Å². The standard InChI is InChI=1S/C22H24N2O4/c1-14-8-9-17(12-15(14)2)21(26)23-13-19(25)28-20(16-6-4-3-5-7-16)22(27)24-18-10-11-18/h3-9,12,18,20H,10-11,13H2,1-2H3,(H,23,26)(H,24,27)/t20-/m0/s1. The fourth-order valence-electron chi connectivity index (χ4n) is 2.72. The lowest BCUT2D eigenvalue weighted by Crippen LogP contribution is -2.36. The van der Waals surface area contributed by atoms with Crippen LogP contribution in [0.15, 0.2) is 48.5 Å². The number of carbonyl (C=O) groups excluding carboxylic acids is 3. The second-order valence-corrected chi connectivity index (χ2v) is 7.05. The molecule has 0 aliphatic heterocycles. The summed E-state index contributed by atoms with van der Waals surface area (Å²) in [6.45, 7) is 3.57. The fraction of sp³-hybridized carbons (Fsp3) is 0.318. The summed E-state index contributed by atoms with van der Waals surface area (Å²) in [5.74, 6) is -1.38. The van der Waals surface area contributed by atoms with Gasteiger partial charge in [0, 0.05) is 17.2 Å². The molecule has 2 N–H and O–H groups in total. The first-order valence-electron chi connectivity index (χ1n) is 9.34. The first-order valence-corrected chi connectivity index (χ1v) is 9.34. The average molecular weight is 380 g/mol. The molecule has 0 saturated heterocycles. The highest BCUT2D eigenvalue weighted by Gasteiger charge is 2.30. The minimum atomic E-state index is -1.03. The Morgan fingerprint density at radius 1 is 1.04 bits per heavy atom. The molecule has 0 spiro atoms. The molecule has 0 bridgehead atoms. The summed E-state index contributed by atoms with van der Waals surface area (Å²) in [6, 6.07) is 14.3. The van der Waals surface area contributed by atoms with Crippen LogP contribution in [-0.4, -0.2) is 30.4 Å². The van der Waals surface area contributed by atoms with Crippen LogP contribution in [-0.2, 0) is 14.3 Å². The smallest absolute Gasteiger partial charge is 0.326 e. The molecule has 146 valence electrons. The van der Waals surface area contributed by atoms with Crippen molar-refractivity contribution in [2.75, 3.05) is 6.54 Å². The van der Waals surface area contributed by atoms with Crippen LogP contribution in [0.1, 0.15) is 46.0 Å². The Balaban J connectivity index is 1.60. The summed E-state index contributed by atoms with van der Waals surface area (Å²) >= 11 is 0. The molecule has 0 unspecified atom stereocenters. The van der Waals surface area contributed by atoms with Crippen molar-refractivity contribution >= 4 is 17.8 Å². The van der Waals surface area contributed by atoms with E-state index in [0.29, 0.717) is 11.1 Å². The van der Waals surface area contributed by atoms with E-state index in [-0.39, 0.29) is 24.4 Å². The first-order chi connectivity index (χ1) is 13.4. The summed E-state index contributed by atoms with van der Waals surface area (Å²) in [5.41, 5.74) is 3.15. The molecule has 3 rings (SSSR count). The SMILES string of the molecule is Cc1ccc(C(=O)NCC(=O)O[C@H](C(=O)NC2CC2)c2ccccc2)cc1C. The number of benzene rings is 2. The number of aryl methyl sites for hydroxylation is 2. The third-order valence-corrected chi connectivity index (χ3v) is 4.68. The van der Waals surface area contributed by atoms with E-state index < -0.39 is 12.1 Å². The van der Waals surface area contributed by atoms with E-state index in [1.54, 1.807) is 36.4 Å². The number of esters is 1. The molecule has 2 amide bonds. The number of hydrogen-bond acceptors (Lipinski definition) is 4. The zero-order valence-corrected chi connectivity index (χ0v) is 16.0. The lowest BCUT2D eigenvalue weighted by molar-refractivity contribution is -0.155. The van der Waals surface area contributed by atoms with Gasteiger partial charge < -0.3 is 15.4 Å². The van der Waals surface area contributed by atoms with Crippen molar-refractivity contribution in [1.29, 1.82) is 0 Å². The maximum atomic E-state index is 12.5. The van der Waals surface area contributed by atoms with Gasteiger partial charge in [0.2, 0.25) is 6.10 Å². The van der Waals surface area contributed by atoms with Crippen LogP contribution in [0.3, 0.4) is 0 Å². The summed E-state index contributed by atoms with van der Waals surface area (Å²) in [4.78, 5) is 37.0. The van der Waals surface area contributed by atoms with Crippen molar-refractivity contribution in [2.24, 2.45) is 0 Å². The molecule has 6 heteroatoms. The van der Waals surface area contributed by atoms with Gasteiger partial charge in [0.05, 0.1) is 0 Å². The Morgan fingerprint density at radius 3 is 2.39 bits per heavy atom. The summed E-state index contributed by atoms with van der Waals surface area (Å²) in [5, 5.41) is 5.41. The van der Waals surface area contributed by atoms with Crippen LogP contribution in [0.25, 0.3) is 0 Å². The van der Waals surface area contributed by atoms with Crippen LogP contribution in [0.2, 0.25) is 0 Å². The molecule has 1 atom stereocenters. The van der Waals surface area contributed by atoms with Gasteiger partial charge in [-0.1, -0.05) is 36.4 Å². The van der Waals surface area contributed by atoms with E-state index in [1.165, 1.54) is 0 Å². The van der Waals surface area contributed by atoms with Crippen LogP contribution in [0, 0.1) is 13.8 Å². The van der Waals surface area contributed by atoms with Gasteiger partial charge in [-0.3, -0.25) is 14.4 Å². The van der Waals surface area contributed by atoms with Gasteiger partial charge >= 0.3 is 5.97 Å². The predicted molar refractivity (Wildman–Crippen MR) is 105 cm³/mol. The zero-order chi connectivity index (χ0) is 20.1. The second kappa shape index (κ2) is 8.69. The highest BCUT2D eigenvalue weighted by Crippen LogP contribution is 2.23. The van der Waals surface area contributed by atoms with Crippen molar-refractivity contribution in [3.8, 4) is 0 Å². The van der Waals surface area contributed by atoms with E-state index in [9.17, 15) is 14.4 Å². The van der Waals surface area contributed by atoms with Crippen LogP contribution in [0.4, 0.5) is 0 Å². The number of rotatable bonds is 7. The molecule has 0 radical (unpaired) electrons. The lowest BCUT2D eigenvalue weighted by Gasteiger charge is -2.18. The molecule has 28 heavy (non-hydrogen) atoms. The number of ether oxygens (including phenoxy) is 1. The highest BCUT2D eigenvalue weighted by atomic mass is 16.5. The van der Waals surface area contributed by atoms with E-state index in [2.05, 4.69) is 10.6 Å². The normalized spacial score (nSPS) is 14.1. The maximum Gasteiger partial charge on any atom is 0.326 e. The van der Waals surface area contributed by atoms with Crippen molar-refractivity contribution in [2.45, 2.75) is 38.8 Å². The monoisotopic (exact) mass is 380 g/mol. The van der Waals surface area contributed by atoms with E-state index >= 15 is 0 Å². The van der Waals surface area contributed by atoms with Crippen LogP contribution < -0.4 is 10.6 Å². The van der Waals surface area contributed by atoms with Gasteiger partial charge in [-0.2, -0.15) is 0 Å². The number of nitrogens with one attached hydrogen (secondary N) is 2. The van der Waals surface area contributed by atoms with E-state index in [4.69, 9.17) is 4.74 Å². The molecule has 1 fully saturated rings. The number of amides is 2. The molecular formula is C22H24N2O4. The predicted octanol–water partition coefficient (Wildman–Crippen LogP) is 2.60. The highest BCUT2D eigenvalue weighted by molar-refractivity contribution is 5.96. The Labute approximate surface area is 164 Å². The molecular weight excluding hydrogens is 356 g/mol. The average Bonchev–Trinajstić information content (AvgIpc) is 3.51. The summed E-state index contributed by atoms with van der Waals surface area (Å²) in [7, 11) is 0. The van der Waals surface area contributed by atoms with Crippen LogP contribution >= 0.6 is 0 Å². The van der Waals surface area contributed by atoms with Crippen LogP contribution in [0.5, 0.6) is 0 Å². The van der Waals surface area contributed by atoms with Gasteiger partial charge in [-0.15, -0.1) is 0 Å². The van der Waals surface area contributed by atoms with E-state index in [0.717, 1.165) is 24.0 Å². The molecule has 1 aliphatic carbocycles. The maximum absolute atomic E-state index is 12.5. The van der Waals surface area contributed by atoms with Gasteiger partial charge in [-0.25, -0.2) is 0 Å². The Bertz CT molecular complexity index is 875. The Hall–Kier alpha value is -3.15. The van der Waals surface area contributed by atoms with Crippen molar-refractivity contribution < 1.29 is 19.1 Å². The summed E-state index contributed by atoms with van der Waals surface area (Å²) < 4.78 is 5.39. The first kappa shape index (κ1) is 19.6. The zero-order valence-electron chi connectivity index (χ0n) is 16.0.